The summed E-state index contributed by atoms with van der Waals surface area (Å²) in [7, 11) is -4.20. The fraction of sp³-hybridized carbons (Fsp3) is 0.500. The first kappa shape index (κ1) is 33.3. The van der Waals surface area contributed by atoms with Crippen LogP contribution in [0.25, 0.3) is 0 Å². The van der Waals surface area contributed by atoms with E-state index in [1.54, 1.807) is 6.07 Å². The number of nitrogens with zero attached hydrogens (tertiary/aromatic N) is 2. The SMILES string of the molecule is CC(C)CN(C(O)(CCNC(=O)CCC#CNC(=O)CN1CCCC1)Cc1ccccc1)S(=O)(=O)c1ccc2c(c1)OCO2. The minimum Gasteiger partial charge on any atom is -0.454 e. The van der Waals surface area contributed by atoms with E-state index in [1.807, 2.05) is 44.2 Å². The van der Waals surface area contributed by atoms with E-state index in [0.29, 0.717) is 18.0 Å². The average molecular weight is 627 g/mol. The smallest absolute Gasteiger partial charge is 0.245 e. The van der Waals surface area contributed by atoms with Crippen molar-refractivity contribution in [1.29, 1.82) is 0 Å². The molecule has 0 radical (unpaired) electrons. The summed E-state index contributed by atoms with van der Waals surface area (Å²) >= 11 is 0. The van der Waals surface area contributed by atoms with Gasteiger partial charge >= 0.3 is 0 Å². The molecule has 2 aliphatic heterocycles. The first-order valence-electron chi connectivity index (χ1n) is 15.0. The number of rotatable bonds is 14. The Labute approximate surface area is 259 Å². The van der Waals surface area contributed by atoms with Crippen molar-refractivity contribution in [2.45, 2.75) is 63.0 Å². The zero-order valence-corrected chi connectivity index (χ0v) is 26.2. The van der Waals surface area contributed by atoms with Gasteiger partial charge in [-0.15, -0.1) is 0 Å². The monoisotopic (exact) mass is 626 g/mol. The second-order valence-corrected chi connectivity index (χ2v) is 13.4. The van der Waals surface area contributed by atoms with Gasteiger partial charge in [0.25, 0.3) is 0 Å². The summed E-state index contributed by atoms with van der Waals surface area (Å²) in [5.41, 5.74) is -1.11. The summed E-state index contributed by atoms with van der Waals surface area (Å²) in [5.74, 6) is 3.00. The fourth-order valence-electron chi connectivity index (χ4n) is 5.24. The van der Waals surface area contributed by atoms with Crippen molar-refractivity contribution >= 4 is 21.8 Å². The van der Waals surface area contributed by atoms with Crippen molar-refractivity contribution in [1.82, 2.24) is 19.8 Å². The van der Waals surface area contributed by atoms with Crippen LogP contribution in [0.5, 0.6) is 11.5 Å². The van der Waals surface area contributed by atoms with Crippen molar-refractivity contribution in [2.75, 3.05) is 39.5 Å². The summed E-state index contributed by atoms with van der Waals surface area (Å²) in [6.45, 7) is 6.00. The summed E-state index contributed by atoms with van der Waals surface area (Å²) < 4.78 is 40.0. The van der Waals surface area contributed by atoms with Gasteiger partial charge < -0.3 is 19.9 Å². The number of nitrogens with one attached hydrogen (secondary N) is 2. The molecular formula is C32H42N4O7S. The van der Waals surface area contributed by atoms with Crippen molar-refractivity contribution in [2.24, 2.45) is 5.92 Å². The Morgan fingerprint density at radius 1 is 1.07 bits per heavy atom. The highest BCUT2D eigenvalue weighted by Crippen LogP contribution is 2.37. The third-order valence-corrected chi connectivity index (χ3v) is 9.36. The highest BCUT2D eigenvalue weighted by Gasteiger charge is 2.43. The van der Waals surface area contributed by atoms with Gasteiger partial charge in [-0.25, -0.2) is 8.42 Å². The Morgan fingerprint density at radius 3 is 2.52 bits per heavy atom. The molecule has 3 N–H and O–H groups in total. The highest BCUT2D eigenvalue weighted by atomic mass is 32.2. The number of amides is 2. The maximum Gasteiger partial charge on any atom is 0.245 e. The van der Waals surface area contributed by atoms with Crippen LogP contribution in [-0.2, 0) is 26.0 Å². The molecule has 0 aromatic heterocycles. The number of sulfonamides is 1. The number of likely N-dealkylation sites (tertiary alicyclic amines) is 1. The Kier molecular flexibility index (Phi) is 11.6. The van der Waals surface area contributed by atoms with Crippen LogP contribution in [0, 0.1) is 17.9 Å². The average Bonchev–Trinajstić information content (AvgIpc) is 3.68. The molecule has 0 spiro atoms. The molecule has 2 aromatic carbocycles. The van der Waals surface area contributed by atoms with Gasteiger partial charge in [0.15, 0.2) is 11.5 Å². The van der Waals surface area contributed by atoms with Crippen molar-refractivity contribution < 1.29 is 32.6 Å². The van der Waals surface area contributed by atoms with Crippen molar-refractivity contribution in [3.8, 4) is 23.5 Å². The van der Waals surface area contributed by atoms with Crippen LogP contribution in [0.1, 0.15) is 51.5 Å². The second kappa shape index (κ2) is 15.4. The Bertz CT molecular complexity index is 1450. The second-order valence-electron chi connectivity index (χ2n) is 11.5. The van der Waals surface area contributed by atoms with E-state index in [9.17, 15) is 23.1 Å². The lowest BCUT2D eigenvalue weighted by Gasteiger charge is -2.40. The maximum atomic E-state index is 14.1. The van der Waals surface area contributed by atoms with Gasteiger partial charge in [-0.1, -0.05) is 50.1 Å². The first-order valence-corrected chi connectivity index (χ1v) is 16.5. The lowest BCUT2D eigenvalue weighted by molar-refractivity contribution is -0.122. The van der Waals surface area contributed by atoms with E-state index in [0.717, 1.165) is 35.8 Å². The number of hydrogen-bond donors (Lipinski definition) is 3. The molecular weight excluding hydrogens is 584 g/mol. The zero-order valence-electron chi connectivity index (χ0n) is 25.4. The highest BCUT2D eigenvalue weighted by molar-refractivity contribution is 7.89. The van der Waals surface area contributed by atoms with Crippen LogP contribution in [0.4, 0.5) is 0 Å². The van der Waals surface area contributed by atoms with Crippen LogP contribution < -0.4 is 20.1 Å². The number of ether oxygens (including phenoxy) is 2. The third-order valence-electron chi connectivity index (χ3n) is 7.44. The van der Waals surface area contributed by atoms with E-state index in [2.05, 4.69) is 27.5 Å². The van der Waals surface area contributed by atoms with Crippen LogP contribution >= 0.6 is 0 Å². The first-order chi connectivity index (χ1) is 21.1. The van der Waals surface area contributed by atoms with Gasteiger partial charge in [0.1, 0.15) is 5.72 Å². The van der Waals surface area contributed by atoms with E-state index in [4.69, 9.17) is 9.47 Å². The van der Waals surface area contributed by atoms with E-state index in [-0.39, 0.29) is 68.2 Å². The quantitative estimate of drug-likeness (QED) is 0.165. The summed E-state index contributed by atoms with van der Waals surface area (Å²) in [5, 5.41) is 17.5. The van der Waals surface area contributed by atoms with Gasteiger partial charge in [0, 0.05) is 50.9 Å². The molecule has 4 rings (SSSR count). The molecule has 2 amide bonds. The van der Waals surface area contributed by atoms with Crippen molar-refractivity contribution in [3.63, 3.8) is 0 Å². The molecule has 1 saturated heterocycles. The topological polar surface area (TPSA) is 138 Å². The van der Waals surface area contributed by atoms with Crippen molar-refractivity contribution in [3.05, 3.63) is 54.1 Å². The number of benzene rings is 2. The number of fused-ring (bicyclic) bond motifs is 1. The van der Waals surface area contributed by atoms with Gasteiger partial charge in [0.05, 0.1) is 11.4 Å². The summed E-state index contributed by atoms with van der Waals surface area (Å²) in [4.78, 5) is 26.6. The van der Waals surface area contributed by atoms with Crippen LogP contribution in [-0.4, -0.2) is 79.8 Å². The minimum atomic E-state index is -4.20. The number of aliphatic hydroxyl groups is 1. The summed E-state index contributed by atoms with van der Waals surface area (Å²) in [6.07, 6.45) is 2.50. The minimum absolute atomic E-state index is 0.00510. The Morgan fingerprint density at radius 2 is 1.80 bits per heavy atom. The molecule has 1 unspecified atom stereocenters. The molecule has 1 atom stereocenters. The lowest BCUT2D eigenvalue weighted by Crippen LogP contribution is -2.55. The van der Waals surface area contributed by atoms with E-state index in [1.165, 1.54) is 12.1 Å². The van der Waals surface area contributed by atoms with Gasteiger partial charge in [-0.05, 0) is 49.5 Å². The molecule has 0 aliphatic carbocycles. The number of hydrogen-bond acceptors (Lipinski definition) is 8. The predicted octanol–water partition coefficient (Wildman–Crippen LogP) is 2.45. The van der Waals surface area contributed by atoms with Crippen LogP contribution in [0.15, 0.2) is 53.4 Å². The van der Waals surface area contributed by atoms with Crippen LogP contribution in [0.3, 0.4) is 0 Å². The predicted molar refractivity (Wildman–Crippen MR) is 165 cm³/mol. The summed E-state index contributed by atoms with van der Waals surface area (Å²) in [6, 6.07) is 16.2. The van der Waals surface area contributed by atoms with Gasteiger partial charge in [0.2, 0.25) is 28.6 Å². The standard InChI is InChI=1S/C32H42N4O7S/c1-25(2)22-36(44(40,41)27-13-14-28-29(20-27)43-24-42-28)32(39,21-26-10-4-3-5-11-26)15-17-34-30(37)12-6-7-16-33-31(38)23-35-18-8-9-19-35/h3-5,10-11,13-14,20,25,39H,6,8-9,12,15,17-19,21-24H2,1-2H3,(H,33,38)(H,34,37). The molecule has 1 fully saturated rings. The normalized spacial score (nSPS) is 15.9. The van der Waals surface area contributed by atoms with Crippen LogP contribution in [0.2, 0.25) is 0 Å². The number of carbonyl (C=O) groups is 2. The number of carbonyl (C=O) groups excluding carboxylic acids is 2. The largest absolute Gasteiger partial charge is 0.454 e. The molecule has 238 valence electrons. The zero-order chi connectivity index (χ0) is 31.6. The van der Waals surface area contributed by atoms with Gasteiger partial charge in [-0.3, -0.25) is 19.8 Å². The molecule has 0 saturated carbocycles. The van der Waals surface area contributed by atoms with E-state index < -0.39 is 15.7 Å². The Hall–Kier alpha value is -3.63. The lowest BCUT2D eigenvalue weighted by atomic mass is 9.98. The molecule has 44 heavy (non-hydrogen) atoms. The van der Waals surface area contributed by atoms with E-state index >= 15 is 0 Å². The molecule has 2 aromatic rings. The van der Waals surface area contributed by atoms with Gasteiger partial charge in [-0.2, -0.15) is 4.31 Å². The molecule has 2 aliphatic rings. The molecule has 12 heteroatoms. The molecule has 0 bridgehead atoms. The molecule has 11 nitrogen and oxygen atoms in total. The molecule has 2 heterocycles. The fourth-order valence-corrected chi connectivity index (χ4v) is 7.09. The maximum absolute atomic E-state index is 14.1. The third kappa shape index (κ3) is 9.19. The Balaban J connectivity index is 1.41.